The fourth-order valence-corrected chi connectivity index (χ4v) is 4.25. The van der Waals surface area contributed by atoms with Crippen molar-refractivity contribution in [3.63, 3.8) is 0 Å². The highest BCUT2D eigenvalue weighted by molar-refractivity contribution is 5.87. The third kappa shape index (κ3) is 6.51. The molecule has 1 aromatic carbocycles. The number of benzene rings is 1. The smallest absolute Gasteiger partial charge is 0.259 e. The summed E-state index contributed by atoms with van der Waals surface area (Å²) in [5.41, 5.74) is 2.85. The van der Waals surface area contributed by atoms with Crippen molar-refractivity contribution in [1.29, 1.82) is 0 Å². The molecule has 1 fully saturated rings. The lowest BCUT2D eigenvalue weighted by Crippen LogP contribution is -2.54. The van der Waals surface area contributed by atoms with Gasteiger partial charge >= 0.3 is 0 Å². The number of rotatable bonds is 8. The fraction of sp³-hybridized carbons (Fsp3) is 0.423. The van der Waals surface area contributed by atoms with E-state index >= 15 is 0 Å². The minimum atomic E-state index is -0.449. The second-order valence-corrected chi connectivity index (χ2v) is 9.35. The van der Waals surface area contributed by atoms with Crippen LogP contribution in [0.5, 0.6) is 0 Å². The summed E-state index contributed by atoms with van der Waals surface area (Å²) in [6.45, 7) is 9.28. The van der Waals surface area contributed by atoms with Crippen molar-refractivity contribution in [2.75, 3.05) is 26.2 Å². The molecule has 184 valence electrons. The van der Waals surface area contributed by atoms with E-state index in [0.717, 1.165) is 30.8 Å². The molecule has 0 spiro atoms. The van der Waals surface area contributed by atoms with Crippen LogP contribution in [-0.4, -0.2) is 69.0 Å². The maximum atomic E-state index is 13.0. The molecule has 1 atom stereocenters. The summed E-state index contributed by atoms with van der Waals surface area (Å²) in [4.78, 5) is 37.3. The second-order valence-electron chi connectivity index (χ2n) is 9.35. The highest BCUT2D eigenvalue weighted by Gasteiger charge is 2.28. The Balaban J connectivity index is 1.31. The Morgan fingerprint density at radius 1 is 1.06 bits per heavy atom. The van der Waals surface area contributed by atoms with Crippen molar-refractivity contribution in [3.8, 4) is 22.8 Å². The number of piperazine rings is 1. The van der Waals surface area contributed by atoms with E-state index in [1.165, 1.54) is 12.5 Å². The van der Waals surface area contributed by atoms with Crippen LogP contribution in [0.25, 0.3) is 22.8 Å². The maximum Gasteiger partial charge on any atom is 0.259 e. The number of nitrogens with one attached hydrogen (secondary N) is 1. The minimum Gasteiger partial charge on any atom is -0.345 e. The Kier molecular flexibility index (Phi) is 7.87. The Morgan fingerprint density at radius 2 is 1.80 bits per heavy atom. The predicted octanol–water partition coefficient (Wildman–Crippen LogP) is 2.99. The van der Waals surface area contributed by atoms with E-state index in [1.54, 1.807) is 12.4 Å². The summed E-state index contributed by atoms with van der Waals surface area (Å²) in [6.07, 6.45) is 4.04. The molecule has 2 aromatic heterocycles. The van der Waals surface area contributed by atoms with E-state index in [9.17, 15) is 9.59 Å². The Labute approximate surface area is 205 Å². The molecule has 9 heteroatoms. The maximum absolute atomic E-state index is 13.0. The third-order valence-electron chi connectivity index (χ3n) is 6.02. The van der Waals surface area contributed by atoms with Gasteiger partial charge in [0.2, 0.25) is 17.6 Å². The number of carbonyl (C=O) groups is 2. The van der Waals surface area contributed by atoms with E-state index in [0.29, 0.717) is 37.1 Å². The second kappa shape index (κ2) is 11.2. The molecule has 0 saturated carbocycles. The van der Waals surface area contributed by atoms with Crippen LogP contribution in [-0.2, 0) is 16.1 Å². The predicted molar refractivity (Wildman–Crippen MR) is 132 cm³/mol. The van der Waals surface area contributed by atoms with E-state index < -0.39 is 6.04 Å². The molecule has 0 aliphatic carbocycles. The zero-order valence-electron chi connectivity index (χ0n) is 20.5. The lowest BCUT2D eigenvalue weighted by molar-refractivity contribution is -0.138. The summed E-state index contributed by atoms with van der Waals surface area (Å²) in [5.74, 6) is 1.16. The van der Waals surface area contributed by atoms with Crippen LogP contribution in [0, 0.1) is 5.92 Å². The Bertz CT molecular complexity index is 1120. The monoisotopic (exact) mass is 476 g/mol. The summed E-state index contributed by atoms with van der Waals surface area (Å²) in [6, 6.07) is 11.4. The van der Waals surface area contributed by atoms with E-state index in [4.69, 9.17) is 4.52 Å². The van der Waals surface area contributed by atoms with Gasteiger partial charge in [0.15, 0.2) is 0 Å². The molecule has 0 bridgehead atoms. The zero-order chi connectivity index (χ0) is 24.8. The van der Waals surface area contributed by atoms with Gasteiger partial charge in [-0.15, -0.1) is 0 Å². The number of pyridine rings is 1. The summed E-state index contributed by atoms with van der Waals surface area (Å²) < 4.78 is 5.38. The SMILES string of the molecule is CC(=O)N[C@H](CC(C)C)C(=O)N1CCN(Cc2ccc(-c3noc(-c4cccnc4)n3)cc2)CC1. The average Bonchev–Trinajstić information content (AvgIpc) is 3.35. The van der Waals surface area contributed by atoms with Crippen LogP contribution in [0.2, 0.25) is 0 Å². The largest absolute Gasteiger partial charge is 0.345 e. The van der Waals surface area contributed by atoms with Crippen LogP contribution in [0.4, 0.5) is 0 Å². The average molecular weight is 477 g/mol. The van der Waals surface area contributed by atoms with Gasteiger partial charge in [0.1, 0.15) is 6.04 Å². The zero-order valence-corrected chi connectivity index (χ0v) is 20.5. The van der Waals surface area contributed by atoms with Crippen molar-refractivity contribution < 1.29 is 14.1 Å². The molecule has 3 aromatic rings. The molecule has 2 amide bonds. The fourth-order valence-electron chi connectivity index (χ4n) is 4.25. The number of carbonyl (C=O) groups excluding carboxylic acids is 2. The van der Waals surface area contributed by atoms with Crippen molar-refractivity contribution in [3.05, 3.63) is 54.4 Å². The standard InChI is InChI=1S/C26H32N6O3/c1-18(2)15-23(28-19(3)33)26(34)32-13-11-31(12-14-32)17-20-6-8-21(9-7-20)24-29-25(35-30-24)22-5-4-10-27-16-22/h4-10,16,18,23H,11-15,17H2,1-3H3,(H,28,33)/t23-/m1/s1. The number of amides is 2. The van der Waals surface area contributed by atoms with Gasteiger partial charge < -0.3 is 14.7 Å². The number of nitrogens with zero attached hydrogens (tertiary/aromatic N) is 5. The van der Waals surface area contributed by atoms with Gasteiger partial charge in [-0.2, -0.15) is 4.98 Å². The van der Waals surface area contributed by atoms with Crippen molar-refractivity contribution in [2.45, 2.75) is 39.8 Å². The molecule has 35 heavy (non-hydrogen) atoms. The summed E-state index contributed by atoms with van der Waals surface area (Å²) >= 11 is 0. The highest BCUT2D eigenvalue weighted by atomic mass is 16.5. The van der Waals surface area contributed by atoms with Crippen molar-refractivity contribution >= 4 is 11.8 Å². The first-order chi connectivity index (χ1) is 16.9. The number of hydrogen-bond donors (Lipinski definition) is 1. The van der Waals surface area contributed by atoms with Crippen LogP contribution >= 0.6 is 0 Å². The minimum absolute atomic E-state index is 0.0173. The van der Waals surface area contributed by atoms with E-state index in [-0.39, 0.29) is 11.8 Å². The quantitative estimate of drug-likeness (QED) is 0.533. The van der Waals surface area contributed by atoms with Crippen molar-refractivity contribution in [2.24, 2.45) is 5.92 Å². The molecular formula is C26H32N6O3. The molecule has 1 aliphatic heterocycles. The van der Waals surface area contributed by atoms with Gasteiger partial charge in [0.05, 0.1) is 5.56 Å². The molecule has 9 nitrogen and oxygen atoms in total. The van der Waals surface area contributed by atoms with Gasteiger partial charge in [0.25, 0.3) is 5.89 Å². The summed E-state index contributed by atoms with van der Waals surface area (Å²) in [7, 11) is 0. The van der Waals surface area contributed by atoms with Gasteiger partial charge in [-0.3, -0.25) is 19.5 Å². The molecule has 3 heterocycles. The lowest BCUT2D eigenvalue weighted by Gasteiger charge is -2.36. The Morgan fingerprint density at radius 3 is 2.43 bits per heavy atom. The first-order valence-electron chi connectivity index (χ1n) is 12.0. The van der Waals surface area contributed by atoms with Crippen LogP contribution in [0.3, 0.4) is 0 Å². The molecule has 0 unspecified atom stereocenters. The molecule has 4 rings (SSSR count). The van der Waals surface area contributed by atoms with Gasteiger partial charge in [0, 0.05) is 57.6 Å². The third-order valence-corrected chi connectivity index (χ3v) is 6.02. The first-order valence-corrected chi connectivity index (χ1v) is 12.0. The number of hydrogen-bond acceptors (Lipinski definition) is 7. The van der Waals surface area contributed by atoms with E-state index in [1.807, 2.05) is 29.2 Å². The Hall–Kier alpha value is -3.59. The molecule has 1 aliphatic rings. The molecule has 1 N–H and O–H groups in total. The molecular weight excluding hydrogens is 444 g/mol. The lowest BCUT2D eigenvalue weighted by atomic mass is 10.0. The van der Waals surface area contributed by atoms with E-state index in [2.05, 4.69) is 51.3 Å². The van der Waals surface area contributed by atoms with Gasteiger partial charge in [-0.25, -0.2) is 0 Å². The van der Waals surface area contributed by atoms with Crippen LogP contribution in [0.15, 0.2) is 53.3 Å². The van der Waals surface area contributed by atoms with Crippen LogP contribution in [0.1, 0.15) is 32.8 Å². The summed E-state index contributed by atoms with van der Waals surface area (Å²) in [5, 5.41) is 6.92. The highest BCUT2D eigenvalue weighted by Crippen LogP contribution is 2.22. The molecule has 0 radical (unpaired) electrons. The first kappa shape index (κ1) is 24.5. The van der Waals surface area contributed by atoms with Crippen molar-refractivity contribution in [1.82, 2.24) is 30.2 Å². The number of aromatic nitrogens is 3. The van der Waals surface area contributed by atoms with Gasteiger partial charge in [-0.05, 0) is 30.0 Å². The van der Waals surface area contributed by atoms with Gasteiger partial charge in [-0.1, -0.05) is 43.3 Å². The molecule has 1 saturated heterocycles. The van der Waals surface area contributed by atoms with Crippen LogP contribution < -0.4 is 5.32 Å². The topological polar surface area (TPSA) is 104 Å². The normalized spacial score (nSPS) is 15.3.